The van der Waals surface area contributed by atoms with Crippen molar-refractivity contribution in [3.05, 3.63) is 23.8 Å². The second-order valence-electron chi connectivity index (χ2n) is 5.65. The molecule has 0 aromatic heterocycles. The van der Waals surface area contributed by atoms with Gasteiger partial charge >= 0.3 is 5.97 Å². The summed E-state index contributed by atoms with van der Waals surface area (Å²) in [5.41, 5.74) is 1.24. The summed E-state index contributed by atoms with van der Waals surface area (Å²) in [6.45, 7) is 5.28. The van der Waals surface area contributed by atoms with Crippen LogP contribution in [-0.4, -0.2) is 43.8 Å². The van der Waals surface area contributed by atoms with Crippen molar-refractivity contribution in [2.24, 2.45) is 0 Å². The molecule has 1 saturated heterocycles. The number of rotatable bonds is 5. The lowest BCUT2D eigenvalue weighted by Crippen LogP contribution is -2.26. The first-order valence-corrected chi connectivity index (χ1v) is 8.07. The highest BCUT2D eigenvalue weighted by molar-refractivity contribution is 5.69. The highest BCUT2D eigenvalue weighted by Crippen LogP contribution is 2.37. The molecule has 0 amide bonds. The molecule has 0 spiro atoms. The number of carbonyl (C=O) groups is 1. The minimum Gasteiger partial charge on any atom is -0.486 e. The number of ether oxygens (including phenoxy) is 3. The number of hydrogen-bond acceptors (Lipinski definition) is 5. The summed E-state index contributed by atoms with van der Waals surface area (Å²) < 4.78 is 16.3. The van der Waals surface area contributed by atoms with E-state index in [1.54, 1.807) is 0 Å². The molecule has 1 aromatic carbocycles. The summed E-state index contributed by atoms with van der Waals surface area (Å²) in [5, 5.41) is 0. The summed E-state index contributed by atoms with van der Waals surface area (Å²) in [6.07, 6.45) is 2.72. The number of esters is 1. The Balaban J connectivity index is 1.66. The second kappa shape index (κ2) is 7.01. The van der Waals surface area contributed by atoms with Crippen molar-refractivity contribution in [1.29, 1.82) is 0 Å². The second-order valence-corrected chi connectivity index (χ2v) is 5.65. The van der Waals surface area contributed by atoms with Gasteiger partial charge in [0.25, 0.3) is 0 Å². The molecule has 2 heterocycles. The molecule has 22 heavy (non-hydrogen) atoms. The Kier molecular flexibility index (Phi) is 4.83. The van der Waals surface area contributed by atoms with Crippen LogP contribution in [0.2, 0.25) is 0 Å². The van der Waals surface area contributed by atoms with Crippen LogP contribution < -0.4 is 9.47 Å². The maximum Gasteiger partial charge on any atom is 0.307 e. The number of benzene rings is 1. The number of nitrogens with zero attached hydrogens (tertiary/aromatic N) is 1. The SMILES string of the molecule is CCOC(=O)CCN1CCC[C@H]1c1ccc2c(c1)OCCO2. The quantitative estimate of drug-likeness (QED) is 0.782. The van der Waals surface area contributed by atoms with E-state index in [0.29, 0.717) is 32.3 Å². The van der Waals surface area contributed by atoms with Gasteiger partial charge in [-0.25, -0.2) is 0 Å². The molecular formula is C17H23NO4. The van der Waals surface area contributed by atoms with Gasteiger partial charge in [0.05, 0.1) is 13.0 Å². The van der Waals surface area contributed by atoms with Gasteiger partial charge in [0, 0.05) is 12.6 Å². The molecule has 0 radical (unpaired) electrons. The fourth-order valence-corrected chi connectivity index (χ4v) is 3.21. The molecule has 1 fully saturated rings. The van der Waals surface area contributed by atoms with Crippen molar-refractivity contribution in [2.45, 2.75) is 32.2 Å². The lowest BCUT2D eigenvalue weighted by Gasteiger charge is -2.26. The Morgan fingerprint density at radius 1 is 1.32 bits per heavy atom. The van der Waals surface area contributed by atoms with Gasteiger partial charge in [0.15, 0.2) is 11.5 Å². The lowest BCUT2D eigenvalue weighted by molar-refractivity contribution is -0.143. The van der Waals surface area contributed by atoms with Gasteiger partial charge < -0.3 is 14.2 Å². The van der Waals surface area contributed by atoms with Gasteiger partial charge in [0.2, 0.25) is 0 Å². The highest BCUT2D eigenvalue weighted by Gasteiger charge is 2.27. The van der Waals surface area contributed by atoms with Crippen LogP contribution in [0.3, 0.4) is 0 Å². The Hall–Kier alpha value is -1.75. The van der Waals surface area contributed by atoms with Crippen molar-refractivity contribution in [2.75, 3.05) is 32.9 Å². The molecule has 2 aliphatic rings. The van der Waals surface area contributed by atoms with E-state index < -0.39 is 0 Å². The molecule has 0 aliphatic carbocycles. The first kappa shape index (κ1) is 15.2. The minimum atomic E-state index is -0.115. The number of likely N-dealkylation sites (tertiary alicyclic amines) is 1. The van der Waals surface area contributed by atoms with Crippen LogP contribution in [0.1, 0.15) is 37.8 Å². The summed E-state index contributed by atoms with van der Waals surface area (Å²) in [4.78, 5) is 13.9. The van der Waals surface area contributed by atoms with Crippen LogP contribution >= 0.6 is 0 Å². The molecule has 1 atom stereocenters. The third-order valence-corrected chi connectivity index (χ3v) is 4.22. The monoisotopic (exact) mass is 305 g/mol. The summed E-state index contributed by atoms with van der Waals surface area (Å²) in [5.74, 6) is 1.54. The minimum absolute atomic E-state index is 0.115. The molecular weight excluding hydrogens is 282 g/mol. The average Bonchev–Trinajstić information content (AvgIpc) is 3.01. The third kappa shape index (κ3) is 3.35. The fraction of sp³-hybridized carbons (Fsp3) is 0.588. The average molecular weight is 305 g/mol. The molecule has 5 heteroatoms. The fourth-order valence-electron chi connectivity index (χ4n) is 3.21. The number of hydrogen-bond donors (Lipinski definition) is 0. The zero-order valence-corrected chi connectivity index (χ0v) is 13.0. The Morgan fingerprint density at radius 2 is 2.14 bits per heavy atom. The van der Waals surface area contributed by atoms with Crippen LogP contribution in [0.4, 0.5) is 0 Å². The van der Waals surface area contributed by atoms with Crippen LogP contribution in [-0.2, 0) is 9.53 Å². The van der Waals surface area contributed by atoms with Gasteiger partial charge in [-0.3, -0.25) is 9.69 Å². The molecule has 0 N–H and O–H groups in total. The standard InChI is InChI=1S/C17H23NO4/c1-2-20-17(19)7-9-18-8-3-4-14(18)13-5-6-15-16(12-13)22-11-10-21-15/h5-6,12,14H,2-4,7-11H2,1H3/t14-/m0/s1. The van der Waals surface area contributed by atoms with Crippen molar-refractivity contribution in [1.82, 2.24) is 4.90 Å². The molecule has 1 aromatic rings. The topological polar surface area (TPSA) is 48.0 Å². The lowest BCUT2D eigenvalue weighted by atomic mass is 10.0. The van der Waals surface area contributed by atoms with E-state index in [1.165, 1.54) is 5.56 Å². The van der Waals surface area contributed by atoms with Crippen LogP contribution in [0.25, 0.3) is 0 Å². The first-order chi connectivity index (χ1) is 10.8. The van der Waals surface area contributed by atoms with Gasteiger partial charge in [-0.05, 0) is 44.0 Å². The van der Waals surface area contributed by atoms with Crippen LogP contribution in [0.15, 0.2) is 18.2 Å². The zero-order chi connectivity index (χ0) is 15.4. The summed E-state index contributed by atoms with van der Waals surface area (Å²) >= 11 is 0. The van der Waals surface area contributed by atoms with Gasteiger partial charge in [0.1, 0.15) is 13.2 Å². The van der Waals surface area contributed by atoms with E-state index in [0.717, 1.165) is 37.4 Å². The smallest absolute Gasteiger partial charge is 0.307 e. The van der Waals surface area contributed by atoms with E-state index in [9.17, 15) is 4.79 Å². The predicted octanol–water partition coefficient (Wildman–Crippen LogP) is 2.55. The molecule has 120 valence electrons. The highest BCUT2D eigenvalue weighted by atomic mass is 16.6. The zero-order valence-electron chi connectivity index (χ0n) is 13.0. The predicted molar refractivity (Wildman–Crippen MR) is 82.2 cm³/mol. The van der Waals surface area contributed by atoms with Crippen molar-refractivity contribution >= 4 is 5.97 Å². The normalized spacial score (nSPS) is 20.9. The molecule has 0 unspecified atom stereocenters. The Labute approximate surface area is 131 Å². The van der Waals surface area contributed by atoms with Gasteiger partial charge in [-0.2, -0.15) is 0 Å². The van der Waals surface area contributed by atoms with Crippen molar-refractivity contribution in [3.63, 3.8) is 0 Å². The summed E-state index contributed by atoms with van der Waals surface area (Å²) in [7, 11) is 0. The van der Waals surface area contributed by atoms with Gasteiger partial charge in [-0.15, -0.1) is 0 Å². The first-order valence-electron chi connectivity index (χ1n) is 8.07. The molecule has 2 aliphatic heterocycles. The molecule has 0 saturated carbocycles. The van der Waals surface area contributed by atoms with E-state index in [4.69, 9.17) is 14.2 Å². The van der Waals surface area contributed by atoms with E-state index in [1.807, 2.05) is 13.0 Å². The van der Waals surface area contributed by atoms with Gasteiger partial charge in [-0.1, -0.05) is 6.07 Å². The van der Waals surface area contributed by atoms with Crippen molar-refractivity contribution in [3.8, 4) is 11.5 Å². The molecule has 5 nitrogen and oxygen atoms in total. The maximum absolute atomic E-state index is 11.5. The number of carbonyl (C=O) groups excluding carboxylic acids is 1. The molecule has 3 rings (SSSR count). The van der Waals surface area contributed by atoms with Crippen LogP contribution in [0, 0.1) is 0 Å². The van der Waals surface area contributed by atoms with E-state index in [2.05, 4.69) is 17.0 Å². The Bertz CT molecular complexity index is 531. The van der Waals surface area contributed by atoms with Crippen LogP contribution in [0.5, 0.6) is 11.5 Å². The largest absolute Gasteiger partial charge is 0.486 e. The van der Waals surface area contributed by atoms with E-state index >= 15 is 0 Å². The Morgan fingerprint density at radius 3 is 2.95 bits per heavy atom. The number of fused-ring (bicyclic) bond motifs is 1. The maximum atomic E-state index is 11.5. The molecule has 0 bridgehead atoms. The summed E-state index contributed by atoms with van der Waals surface area (Å²) in [6, 6.07) is 6.54. The van der Waals surface area contributed by atoms with Crippen molar-refractivity contribution < 1.29 is 19.0 Å². The van der Waals surface area contributed by atoms with E-state index in [-0.39, 0.29) is 5.97 Å². The third-order valence-electron chi connectivity index (χ3n) is 4.22.